The fourth-order valence-electron chi connectivity index (χ4n) is 2.26. The number of hydrogen-bond acceptors (Lipinski definition) is 3. The molecule has 0 fully saturated rings. The largest absolute Gasteiger partial charge is 0.351 e. The predicted octanol–water partition coefficient (Wildman–Crippen LogP) is 4.27. The molecule has 1 atom stereocenters. The number of imidazole rings is 1. The van der Waals surface area contributed by atoms with Gasteiger partial charge >= 0.3 is 0 Å². The van der Waals surface area contributed by atoms with Crippen LogP contribution in [0.3, 0.4) is 0 Å². The first-order valence-corrected chi connectivity index (χ1v) is 8.11. The van der Waals surface area contributed by atoms with E-state index in [9.17, 15) is 5.11 Å². The van der Waals surface area contributed by atoms with E-state index in [1.165, 1.54) is 57.8 Å². The number of unbranched alkanes of at least 4 members (excludes halogenated alkanes) is 9. The van der Waals surface area contributed by atoms with Crippen LogP contribution < -0.4 is 0 Å². The molecule has 116 valence electrons. The zero-order valence-corrected chi connectivity index (χ0v) is 12.8. The van der Waals surface area contributed by atoms with Gasteiger partial charge in [0.05, 0.1) is 12.9 Å². The molecule has 20 heavy (non-hydrogen) atoms. The maximum atomic E-state index is 9.65. The summed E-state index contributed by atoms with van der Waals surface area (Å²) in [6.45, 7) is 2.86. The number of ether oxygens (including phenoxy) is 1. The molecule has 1 rings (SSSR count). The van der Waals surface area contributed by atoms with Gasteiger partial charge in [-0.15, -0.1) is 0 Å². The van der Waals surface area contributed by atoms with Gasteiger partial charge in [-0.2, -0.15) is 0 Å². The molecule has 0 bridgehead atoms. The van der Waals surface area contributed by atoms with Crippen molar-refractivity contribution in [2.75, 3.05) is 6.61 Å². The fraction of sp³-hybridized carbons (Fsp3) is 0.812. The summed E-state index contributed by atoms with van der Waals surface area (Å²) < 4.78 is 6.89. The Kier molecular flexibility index (Phi) is 10.2. The highest BCUT2D eigenvalue weighted by molar-refractivity contribution is 4.73. The minimum atomic E-state index is -0.893. The van der Waals surface area contributed by atoms with Gasteiger partial charge < -0.3 is 9.84 Å². The van der Waals surface area contributed by atoms with Crippen LogP contribution >= 0.6 is 0 Å². The van der Waals surface area contributed by atoms with Gasteiger partial charge in [0.15, 0.2) is 0 Å². The number of nitrogens with zero attached hydrogens (tertiary/aromatic N) is 2. The van der Waals surface area contributed by atoms with Crippen LogP contribution in [0, 0.1) is 0 Å². The Morgan fingerprint density at radius 2 is 1.60 bits per heavy atom. The molecule has 1 aromatic rings. The van der Waals surface area contributed by atoms with Crippen molar-refractivity contribution in [3.05, 3.63) is 18.7 Å². The Morgan fingerprint density at radius 1 is 1.00 bits per heavy atom. The Bertz CT molecular complexity index is 301. The van der Waals surface area contributed by atoms with Gasteiger partial charge in [0.1, 0.15) is 0 Å². The summed E-state index contributed by atoms with van der Waals surface area (Å²) in [6, 6.07) is 0. The van der Waals surface area contributed by atoms with E-state index < -0.39 is 6.41 Å². The van der Waals surface area contributed by atoms with Crippen LogP contribution in [-0.4, -0.2) is 21.3 Å². The monoisotopic (exact) mass is 282 g/mol. The van der Waals surface area contributed by atoms with Crippen molar-refractivity contribution >= 4 is 0 Å². The molecule has 1 heterocycles. The second-order valence-electron chi connectivity index (χ2n) is 5.39. The number of aromatic nitrogens is 2. The predicted molar refractivity (Wildman–Crippen MR) is 81.3 cm³/mol. The van der Waals surface area contributed by atoms with Crippen LogP contribution in [0.4, 0.5) is 0 Å². The van der Waals surface area contributed by atoms with Crippen LogP contribution in [0.15, 0.2) is 18.7 Å². The first-order valence-electron chi connectivity index (χ1n) is 8.11. The minimum Gasteiger partial charge on any atom is -0.351 e. The molecule has 0 aliphatic rings. The average molecular weight is 282 g/mol. The van der Waals surface area contributed by atoms with Crippen molar-refractivity contribution < 1.29 is 9.84 Å². The topological polar surface area (TPSA) is 47.3 Å². The lowest BCUT2D eigenvalue weighted by molar-refractivity contribution is -0.153. The van der Waals surface area contributed by atoms with Crippen molar-refractivity contribution in [2.45, 2.75) is 77.5 Å². The number of hydrogen-bond donors (Lipinski definition) is 1. The summed E-state index contributed by atoms with van der Waals surface area (Å²) in [5, 5.41) is 9.65. The third-order valence-corrected chi connectivity index (χ3v) is 3.54. The van der Waals surface area contributed by atoms with Crippen molar-refractivity contribution in [1.29, 1.82) is 0 Å². The molecule has 0 radical (unpaired) electrons. The lowest BCUT2D eigenvalue weighted by atomic mass is 10.1. The molecule has 4 heteroatoms. The van der Waals surface area contributed by atoms with Crippen LogP contribution in [0.1, 0.15) is 77.5 Å². The SMILES string of the molecule is CCCCCCCCCCCCOC(O)n1ccnc1. The lowest BCUT2D eigenvalue weighted by Gasteiger charge is -2.12. The van der Waals surface area contributed by atoms with E-state index in [2.05, 4.69) is 11.9 Å². The maximum Gasteiger partial charge on any atom is 0.242 e. The van der Waals surface area contributed by atoms with Crippen molar-refractivity contribution in [2.24, 2.45) is 0 Å². The van der Waals surface area contributed by atoms with Crippen molar-refractivity contribution in [1.82, 2.24) is 9.55 Å². The molecular weight excluding hydrogens is 252 g/mol. The summed E-state index contributed by atoms with van der Waals surface area (Å²) >= 11 is 0. The average Bonchev–Trinajstić information content (AvgIpc) is 2.99. The molecule has 4 nitrogen and oxygen atoms in total. The van der Waals surface area contributed by atoms with Crippen LogP contribution in [0.25, 0.3) is 0 Å². The van der Waals surface area contributed by atoms with Crippen molar-refractivity contribution in [3.63, 3.8) is 0 Å². The first-order chi connectivity index (χ1) is 9.84. The minimum absolute atomic E-state index is 0.607. The normalized spacial score (nSPS) is 12.7. The molecule has 1 N–H and O–H groups in total. The first kappa shape index (κ1) is 17.2. The Labute approximate surface area is 123 Å². The summed E-state index contributed by atoms with van der Waals surface area (Å²) in [7, 11) is 0. The second kappa shape index (κ2) is 11.9. The molecule has 0 aliphatic heterocycles. The third kappa shape index (κ3) is 8.33. The van der Waals surface area contributed by atoms with E-state index in [0.29, 0.717) is 6.61 Å². The molecule has 0 amide bonds. The lowest BCUT2D eigenvalue weighted by Crippen LogP contribution is -2.11. The summed E-state index contributed by atoms with van der Waals surface area (Å²) in [4.78, 5) is 3.87. The van der Waals surface area contributed by atoms with Gasteiger partial charge in [0.2, 0.25) is 6.41 Å². The van der Waals surface area contributed by atoms with E-state index in [-0.39, 0.29) is 0 Å². The molecule has 0 aliphatic carbocycles. The zero-order valence-electron chi connectivity index (χ0n) is 12.8. The van der Waals surface area contributed by atoms with E-state index in [1.807, 2.05) is 0 Å². The van der Waals surface area contributed by atoms with E-state index in [0.717, 1.165) is 6.42 Å². The smallest absolute Gasteiger partial charge is 0.242 e. The molecule has 1 aromatic heterocycles. The number of rotatable bonds is 13. The standard InChI is InChI=1S/C16H30N2O2/c1-2-3-4-5-6-7-8-9-10-11-14-20-16(19)18-13-12-17-15-18/h12-13,15-16,19H,2-11,14H2,1H3. The number of aliphatic hydroxyl groups excluding tert-OH is 1. The second-order valence-corrected chi connectivity index (χ2v) is 5.39. The van der Waals surface area contributed by atoms with Gasteiger partial charge in [-0.25, -0.2) is 4.98 Å². The molecule has 0 aromatic carbocycles. The maximum absolute atomic E-state index is 9.65. The molecule has 0 saturated heterocycles. The highest BCUT2D eigenvalue weighted by atomic mass is 16.6. The van der Waals surface area contributed by atoms with E-state index in [1.54, 1.807) is 23.3 Å². The molecule has 0 spiro atoms. The van der Waals surface area contributed by atoms with Gasteiger partial charge in [-0.05, 0) is 6.42 Å². The summed E-state index contributed by atoms with van der Waals surface area (Å²) in [6.07, 6.45) is 17.1. The summed E-state index contributed by atoms with van der Waals surface area (Å²) in [5.74, 6) is 0. The Balaban J connectivity index is 1.81. The highest BCUT2D eigenvalue weighted by Crippen LogP contribution is 2.11. The molecule has 0 saturated carbocycles. The van der Waals surface area contributed by atoms with Gasteiger partial charge in [-0.3, -0.25) is 4.57 Å². The van der Waals surface area contributed by atoms with Crippen molar-refractivity contribution in [3.8, 4) is 0 Å². The number of aliphatic hydroxyl groups is 1. The van der Waals surface area contributed by atoms with Gasteiger partial charge in [0.25, 0.3) is 0 Å². The Morgan fingerprint density at radius 3 is 2.15 bits per heavy atom. The van der Waals surface area contributed by atoms with Gasteiger partial charge in [0, 0.05) is 12.4 Å². The fourth-order valence-corrected chi connectivity index (χ4v) is 2.26. The van der Waals surface area contributed by atoms with Crippen LogP contribution in [0.2, 0.25) is 0 Å². The highest BCUT2D eigenvalue weighted by Gasteiger charge is 2.04. The van der Waals surface area contributed by atoms with E-state index in [4.69, 9.17) is 4.74 Å². The molecule has 1 unspecified atom stereocenters. The van der Waals surface area contributed by atoms with Crippen LogP contribution in [-0.2, 0) is 4.74 Å². The van der Waals surface area contributed by atoms with E-state index >= 15 is 0 Å². The third-order valence-electron chi connectivity index (χ3n) is 3.54. The van der Waals surface area contributed by atoms with Gasteiger partial charge in [-0.1, -0.05) is 64.7 Å². The zero-order chi connectivity index (χ0) is 14.5. The quantitative estimate of drug-likeness (QED) is 0.434. The van der Waals surface area contributed by atoms with Crippen LogP contribution in [0.5, 0.6) is 0 Å². The summed E-state index contributed by atoms with van der Waals surface area (Å²) in [5.41, 5.74) is 0. The molecular formula is C16H30N2O2. The Hall–Kier alpha value is -0.870.